The van der Waals surface area contributed by atoms with Gasteiger partial charge >= 0.3 is 0 Å². The van der Waals surface area contributed by atoms with E-state index in [0.29, 0.717) is 55.2 Å². The predicted octanol–water partition coefficient (Wildman–Crippen LogP) is 4.91. The third kappa shape index (κ3) is 5.41. The summed E-state index contributed by atoms with van der Waals surface area (Å²) in [5, 5.41) is 11.5. The standard InChI is InChI=1S/C31H35N3O6/c1-4-5-15-39-25-10-7-21(18-26(25)38-3)28-27(29(35)22-8-9-24-23(17-22)16-20(2)40-24)30(36)31(37)34(28)13-6-12-33-14-11-32-19-33/h7-11,14,17-20,28,35H,4-6,12-13,15-16H2,1-3H3/t20-,28+/m1/s1. The van der Waals surface area contributed by atoms with Gasteiger partial charge in [0.25, 0.3) is 11.7 Å². The predicted molar refractivity (Wildman–Crippen MR) is 149 cm³/mol. The van der Waals surface area contributed by atoms with Crippen LogP contribution >= 0.6 is 0 Å². The number of aliphatic hydroxyl groups is 1. The second kappa shape index (κ2) is 11.9. The molecule has 2 aromatic carbocycles. The lowest BCUT2D eigenvalue weighted by atomic mass is 9.94. The van der Waals surface area contributed by atoms with E-state index in [9.17, 15) is 14.7 Å². The number of methoxy groups -OCH3 is 1. The number of hydrogen-bond donors (Lipinski definition) is 1. The molecule has 2 atom stereocenters. The van der Waals surface area contributed by atoms with Gasteiger partial charge in [-0.2, -0.15) is 0 Å². The van der Waals surface area contributed by atoms with Crippen LogP contribution in [0.1, 0.15) is 55.8 Å². The van der Waals surface area contributed by atoms with Crippen LogP contribution in [-0.4, -0.2) is 57.6 Å². The van der Waals surface area contributed by atoms with E-state index >= 15 is 0 Å². The second-order valence-electron chi connectivity index (χ2n) is 10.2. The highest BCUT2D eigenvalue weighted by atomic mass is 16.5. The van der Waals surface area contributed by atoms with Crippen molar-refractivity contribution in [3.8, 4) is 17.2 Å². The van der Waals surface area contributed by atoms with Gasteiger partial charge in [-0.25, -0.2) is 4.98 Å². The third-order valence-corrected chi connectivity index (χ3v) is 7.34. The normalized spacial score (nSPS) is 19.5. The van der Waals surface area contributed by atoms with Crippen molar-refractivity contribution >= 4 is 17.4 Å². The molecule has 5 rings (SSSR count). The van der Waals surface area contributed by atoms with E-state index < -0.39 is 17.7 Å². The minimum absolute atomic E-state index is 0.0407. The van der Waals surface area contributed by atoms with Crippen LogP contribution in [0.25, 0.3) is 5.76 Å². The van der Waals surface area contributed by atoms with Gasteiger partial charge in [-0.1, -0.05) is 19.4 Å². The molecule has 210 valence electrons. The number of aryl methyl sites for hydroxylation is 1. The number of amides is 1. The number of hydrogen-bond acceptors (Lipinski definition) is 7. The molecule has 1 N–H and O–H groups in total. The highest BCUT2D eigenvalue weighted by Gasteiger charge is 2.46. The zero-order chi connectivity index (χ0) is 28.2. The molecule has 1 saturated heterocycles. The Bertz CT molecular complexity index is 1410. The molecule has 0 bridgehead atoms. The molecule has 1 amide bonds. The topological polar surface area (TPSA) is 103 Å². The lowest BCUT2D eigenvalue weighted by molar-refractivity contribution is -0.139. The van der Waals surface area contributed by atoms with Crippen LogP contribution in [0.3, 0.4) is 0 Å². The van der Waals surface area contributed by atoms with Gasteiger partial charge in [0, 0.05) is 37.5 Å². The number of carbonyl (C=O) groups excluding carboxylic acids is 2. The Hall–Kier alpha value is -4.27. The van der Waals surface area contributed by atoms with Crippen molar-refractivity contribution in [1.29, 1.82) is 0 Å². The van der Waals surface area contributed by atoms with Crippen molar-refractivity contribution in [1.82, 2.24) is 14.5 Å². The number of aliphatic hydroxyl groups excluding tert-OH is 1. The van der Waals surface area contributed by atoms with Crippen molar-refractivity contribution in [3.05, 3.63) is 77.4 Å². The fraction of sp³-hybridized carbons (Fsp3) is 0.387. The molecular formula is C31H35N3O6. The van der Waals surface area contributed by atoms with Crippen LogP contribution in [0.5, 0.6) is 17.2 Å². The Morgan fingerprint density at radius 1 is 1.12 bits per heavy atom. The summed E-state index contributed by atoms with van der Waals surface area (Å²) in [6.45, 7) is 5.58. The Balaban J connectivity index is 1.53. The SMILES string of the molecule is CCCCOc1ccc([C@H]2C(=C(O)c3ccc4c(c3)C[C@@H](C)O4)C(=O)C(=O)N2CCCn2ccnc2)cc1OC. The van der Waals surface area contributed by atoms with E-state index in [2.05, 4.69) is 11.9 Å². The maximum atomic E-state index is 13.5. The maximum absolute atomic E-state index is 13.5. The molecule has 3 heterocycles. The smallest absolute Gasteiger partial charge is 0.295 e. The summed E-state index contributed by atoms with van der Waals surface area (Å²) in [7, 11) is 1.56. The maximum Gasteiger partial charge on any atom is 0.295 e. The fourth-order valence-corrected chi connectivity index (χ4v) is 5.32. The highest BCUT2D eigenvalue weighted by Crippen LogP contribution is 2.43. The largest absolute Gasteiger partial charge is 0.507 e. The minimum atomic E-state index is -0.787. The number of Topliss-reactive ketones (excluding diaryl/α,β-unsaturated/α-hetero) is 1. The monoisotopic (exact) mass is 545 g/mol. The van der Waals surface area contributed by atoms with Crippen LogP contribution in [0.15, 0.2) is 60.7 Å². The molecule has 1 fully saturated rings. The van der Waals surface area contributed by atoms with Crippen LogP contribution in [-0.2, 0) is 22.6 Å². The molecule has 9 nitrogen and oxygen atoms in total. The molecule has 40 heavy (non-hydrogen) atoms. The zero-order valence-corrected chi connectivity index (χ0v) is 23.1. The van der Waals surface area contributed by atoms with Crippen molar-refractivity contribution in [2.75, 3.05) is 20.3 Å². The van der Waals surface area contributed by atoms with Gasteiger partial charge in [0.2, 0.25) is 0 Å². The van der Waals surface area contributed by atoms with E-state index in [0.717, 1.165) is 24.2 Å². The van der Waals surface area contributed by atoms with Crippen LogP contribution in [0.4, 0.5) is 0 Å². The van der Waals surface area contributed by atoms with Gasteiger partial charge < -0.3 is 28.8 Å². The minimum Gasteiger partial charge on any atom is -0.507 e. The van der Waals surface area contributed by atoms with Crippen molar-refractivity contribution in [2.45, 2.75) is 58.2 Å². The average molecular weight is 546 g/mol. The van der Waals surface area contributed by atoms with Crippen molar-refractivity contribution < 1.29 is 28.9 Å². The molecular weight excluding hydrogens is 510 g/mol. The molecule has 1 aromatic heterocycles. The fourth-order valence-electron chi connectivity index (χ4n) is 5.32. The van der Waals surface area contributed by atoms with Crippen LogP contribution < -0.4 is 14.2 Å². The molecule has 9 heteroatoms. The number of imidazole rings is 1. The summed E-state index contributed by atoms with van der Waals surface area (Å²) < 4.78 is 19.2. The first-order valence-electron chi connectivity index (χ1n) is 13.8. The number of aromatic nitrogens is 2. The van der Waals surface area contributed by atoms with E-state index in [1.54, 1.807) is 43.9 Å². The lowest BCUT2D eigenvalue weighted by Gasteiger charge is -2.26. The van der Waals surface area contributed by atoms with Gasteiger partial charge in [0.15, 0.2) is 11.5 Å². The Morgan fingerprint density at radius 3 is 2.73 bits per heavy atom. The van der Waals surface area contributed by atoms with Gasteiger partial charge in [-0.05, 0) is 61.2 Å². The molecule has 0 unspecified atom stereocenters. The first kappa shape index (κ1) is 27.3. The quantitative estimate of drug-likeness (QED) is 0.158. The number of ether oxygens (including phenoxy) is 3. The van der Waals surface area contributed by atoms with Gasteiger partial charge in [-0.15, -0.1) is 0 Å². The molecule has 0 saturated carbocycles. The highest BCUT2D eigenvalue weighted by molar-refractivity contribution is 6.46. The molecule has 0 aliphatic carbocycles. The average Bonchev–Trinajstić information content (AvgIpc) is 3.67. The molecule has 0 spiro atoms. The molecule has 2 aliphatic rings. The summed E-state index contributed by atoms with van der Waals surface area (Å²) in [5.41, 5.74) is 2.14. The number of nitrogens with zero attached hydrogens (tertiary/aromatic N) is 3. The number of likely N-dealkylation sites (tertiary alicyclic amines) is 1. The summed E-state index contributed by atoms with van der Waals surface area (Å²) in [5.74, 6) is 0.301. The van der Waals surface area contributed by atoms with Crippen molar-refractivity contribution in [2.24, 2.45) is 0 Å². The van der Waals surface area contributed by atoms with Crippen LogP contribution in [0, 0.1) is 0 Å². The third-order valence-electron chi connectivity index (χ3n) is 7.34. The van der Waals surface area contributed by atoms with Crippen LogP contribution in [0.2, 0.25) is 0 Å². The van der Waals surface area contributed by atoms with Crippen molar-refractivity contribution in [3.63, 3.8) is 0 Å². The summed E-state index contributed by atoms with van der Waals surface area (Å²) in [4.78, 5) is 32.5. The summed E-state index contributed by atoms with van der Waals surface area (Å²) in [6.07, 6.45) is 8.53. The number of rotatable bonds is 11. The number of benzene rings is 2. The summed E-state index contributed by atoms with van der Waals surface area (Å²) in [6, 6.07) is 9.98. The molecule has 3 aromatic rings. The number of unbranched alkanes of at least 4 members (excludes halogenated alkanes) is 1. The Morgan fingerprint density at radius 2 is 1.98 bits per heavy atom. The first-order chi connectivity index (χ1) is 19.4. The summed E-state index contributed by atoms with van der Waals surface area (Å²) >= 11 is 0. The van der Waals surface area contributed by atoms with Gasteiger partial charge in [-0.3, -0.25) is 9.59 Å². The number of fused-ring (bicyclic) bond motifs is 1. The van der Waals surface area contributed by atoms with E-state index in [1.807, 2.05) is 29.8 Å². The molecule has 0 radical (unpaired) electrons. The number of carbonyl (C=O) groups is 2. The van der Waals surface area contributed by atoms with Gasteiger partial charge in [0.05, 0.1) is 31.7 Å². The Kier molecular flexibility index (Phi) is 8.09. The zero-order valence-electron chi connectivity index (χ0n) is 23.1. The second-order valence-corrected chi connectivity index (χ2v) is 10.2. The van der Waals surface area contributed by atoms with E-state index in [4.69, 9.17) is 14.2 Å². The van der Waals surface area contributed by atoms with E-state index in [1.165, 1.54) is 4.90 Å². The van der Waals surface area contributed by atoms with Gasteiger partial charge in [0.1, 0.15) is 17.6 Å². The first-order valence-corrected chi connectivity index (χ1v) is 13.8. The van der Waals surface area contributed by atoms with E-state index in [-0.39, 0.29) is 17.4 Å². The lowest BCUT2D eigenvalue weighted by Crippen LogP contribution is -2.31. The number of ketones is 1. The molecule has 2 aliphatic heterocycles. The Labute approximate surface area is 234 Å².